The minimum Gasteiger partial charge on any atom is -0.377 e. The van der Waals surface area contributed by atoms with Crippen LogP contribution in [0.3, 0.4) is 0 Å². The molecule has 6 heteroatoms. The summed E-state index contributed by atoms with van der Waals surface area (Å²) < 4.78 is 30.8. The molecule has 84 valence electrons. The van der Waals surface area contributed by atoms with Gasteiger partial charge in [0.25, 0.3) is 0 Å². The van der Waals surface area contributed by atoms with Crippen LogP contribution in [0.1, 0.15) is 19.8 Å². The van der Waals surface area contributed by atoms with Crippen molar-refractivity contribution < 1.29 is 13.2 Å². The Morgan fingerprint density at radius 1 is 1.64 bits per heavy atom. The smallest absolute Gasteiger partial charge is 0.214 e. The molecule has 0 aromatic heterocycles. The second-order valence-electron chi connectivity index (χ2n) is 3.67. The average molecular weight is 222 g/mol. The van der Waals surface area contributed by atoms with E-state index < -0.39 is 10.0 Å². The first kappa shape index (κ1) is 11.9. The molecule has 5 nitrogen and oxygen atoms in total. The van der Waals surface area contributed by atoms with Crippen LogP contribution in [0.25, 0.3) is 0 Å². The van der Waals surface area contributed by atoms with Crippen molar-refractivity contribution in [3.05, 3.63) is 0 Å². The fraction of sp³-hybridized carbons (Fsp3) is 1.00. The van der Waals surface area contributed by atoms with E-state index >= 15 is 0 Å². The highest BCUT2D eigenvalue weighted by atomic mass is 32.2. The Bertz CT molecular complexity index is 260. The maximum Gasteiger partial charge on any atom is 0.214 e. The monoisotopic (exact) mass is 222 g/mol. The first-order chi connectivity index (χ1) is 6.53. The Labute approximate surface area is 85.1 Å². The fourth-order valence-corrected chi connectivity index (χ4v) is 2.98. The fourth-order valence-electron chi connectivity index (χ4n) is 1.42. The van der Waals surface area contributed by atoms with E-state index in [-0.39, 0.29) is 17.9 Å². The topological polar surface area (TPSA) is 81.4 Å². The predicted molar refractivity (Wildman–Crippen MR) is 54.4 cm³/mol. The van der Waals surface area contributed by atoms with Crippen molar-refractivity contribution in [1.82, 2.24) is 4.72 Å². The predicted octanol–water partition coefficient (Wildman–Crippen LogP) is -0.568. The van der Waals surface area contributed by atoms with Crippen molar-refractivity contribution in [2.24, 2.45) is 5.73 Å². The highest BCUT2D eigenvalue weighted by Crippen LogP contribution is 2.13. The Balaban J connectivity index is 2.40. The van der Waals surface area contributed by atoms with Gasteiger partial charge < -0.3 is 10.5 Å². The van der Waals surface area contributed by atoms with E-state index in [9.17, 15) is 8.42 Å². The molecule has 14 heavy (non-hydrogen) atoms. The van der Waals surface area contributed by atoms with Gasteiger partial charge in [0.1, 0.15) is 0 Å². The number of rotatable bonds is 5. The van der Waals surface area contributed by atoms with Crippen molar-refractivity contribution in [3.8, 4) is 0 Å². The second-order valence-corrected chi connectivity index (χ2v) is 5.47. The Hall–Kier alpha value is -0.170. The van der Waals surface area contributed by atoms with Crippen molar-refractivity contribution in [3.63, 3.8) is 0 Å². The van der Waals surface area contributed by atoms with Crippen LogP contribution in [-0.2, 0) is 14.8 Å². The van der Waals surface area contributed by atoms with Crippen molar-refractivity contribution in [2.45, 2.75) is 31.9 Å². The Morgan fingerprint density at radius 3 is 2.86 bits per heavy atom. The van der Waals surface area contributed by atoms with Gasteiger partial charge in [-0.15, -0.1) is 0 Å². The Kier molecular flexibility index (Phi) is 4.31. The number of hydrogen-bond donors (Lipinski definition) is 2. The van der Waals surface area contributed by atoms with E-state index in [1.807, 2.05) is 0 Å². The van der Waals surface area contributed by atoms with Crippen molar-refractivity contribution in [1.29, 1.82) is 0 Å². The van der Waals surface area contributed by atoms with Gasteiger partial charge in [0.15, 0.2) is 0 Å². The van der Waals surface area contributed by atoms with Crippen LogP contribution < -0.4 is 10.5 Å². The summed E-state index contributed by atoms with van der Waals surface area (Å²) >= 11 is 0. The molecular formula is C8H18N2O3S. The van der Waals surface area contributed by atoms with E-state index in [1.165, 1.54) is 0 Å². The summed E-state index contributed by atoms with van der Waals surface area (Å²) in [5.74, 6) is 0.0529. The zero-order valence-corrected chi connectivity index (χ0v) is 9.22. The molecule has 0 bridgehead atoms. The van der Waals surface area contributed by atoms with Gasteiger partial charge in [-0.3, -0.25) is 0 Å². The van der Waals surface area contributed by atoms with Crippen LogP contribution in [0.15, 0.2) is 0 Å². The number of ether oxygens (including phenoxy) is 1. The molecule has 0 spiro atoms. The molecule has 1 unspecified atom stereocenters. The number of sulfonamides is 1. The summed E-state index contributed by atoms with van der Waals surface area (Å²) in [6.07, 6.45) is 1.64. The second kappa shape index (κ2) is 5.06. The van der Waals surface area contributed by atoms with Gasteiger partial charge in [0.05, 0.1) is 11.9 Å². The van der Waals surface area contributed by atoms with E-state index in [1.54, 1.807) is 6.92 Å². The zero-order valence-electron chi connectivity index (χ0n) is 8.40. The third kappa shape index (κ3) is 3.91. The van der Waals surface area contributed by atoms with Gasteiger partial charge in [-0.25, -0.2) is 13.1 Å². The summed E-state index contributed by atoms with van der Waals surface area (Å²) in [5, 5.41) is 0. The van der Waals surface area contributed by atoms with Crippen molar-refractivity contribution in [2.75, 3.05) is 18.9 Å². The maximum atomic E-state index is 11.5. The lowest BCUT2D eigenvalue weighted by atomic mass is 10.3. The number of hydrogen-bond acceptors (Lipinski definition) is 4. The molecule has 0 radical (unpaired) electrons. The lowest BCUT2D eigenvalue weighted by Crippen LogP contribution is -2.41. The van der Waals surface area contributed by atoms with Gasteiger partial charge in [-0.05, 0) is 19.8 Å². The van der Waals surface area contributed by atoms with Gasteiger partial charge in [-0.1, -0.05) is 0 Å². The summed E-state index contributed by atoms with van der Waals surface area (Å²) in [6, 6.07) is -0.207. The van der Waals surface area contributed by atoms with Crippen LogP contribution in [-0.4, -0.2) is 39.5 Å². The van der Waals surface area contributed by atoms with Crippen LogP contribution in [0.4, 0.5) is 0 Å². The van der Waals surface area contributed by atoms with Gasteiger partial charge in [0, 0.05) is 19.2 Å². The molecule has 1 heterocycles. The first-order valence-corrected chi connectivity index (χ1v) is 6.50. The molecule has 1 fully saturated rings. The molecule has 0 aliphatic carbocycles. The number of nitrogens with two attached hydrogens (primary N) is 1. The molecule has 1 aliphatic rings. The highest BCUT2D eigenvalue weighted by Gasteiger charge is 2.23. The summed E-state index contributed by atoms with van der Waals surface area (Å²) in [6.45, 7) is 2.73. The lowest BCUT2D eigenvalue weighted by molar-refractivity contribution is 0.127. The van der Waals surface area contributed by atoms with E-state index in [4.69, 9.17) is 10.5 Å². The third-order valence-electron chi connectivity index (χ3n) is 2.16. The van der Waals surface area contributed by atoms with Gasteiger partial charge >= 0.3 is 0 Å². The van der Waals surface area contributed by atoms with E-state index in [0.717, 1.165) is 12.8 Å². The number of nitrogens with one attached hydrogen (secondary N) is 1. The average Bonchev–Trinajstić information content (AvgIpc) is 2.54. The van der Waals surface area contributed by atoms with Crippen LogP contribution in [0.5, 0.6) is 0 Å². The molecule has 1 rings (SSSR count). The summed E-state index contributed by atoms with van der Waals surface area (Å²) in [4.78, 5) is 0. The zero-order chi connectivity index (χ0) is 10.6. The Morgan fingerprint density at radius 2 is 2.36 bits per heavy atom. The molecule has 0 aromatic carbocycles. The molecule has 2 atom stereocenters. The molecule has 3 N–H and O–H groups in total. The molecule has 1 saturated heterocycles. The quantitative estimate of drug-likeness (QED) is 0.653. The molecule has 0 aromatic rings. The minimum absolute atomic E-state index is 0.0529. The van der Waals surface area contributed by atoms with Gasteiger partial charge in [0.2, 0.25) is 10.0 Å². The normalized spacial score (nSPS) is 25.1. The molecule has 0 amide bonds. The van der Waals surface area contributed by atoms with Crippen LogP contribution in [0.2, 0.25) is 0 Å². The maximum absolute atomic E-state index is 11.5. The molecular weight excluding hydrogens is 204 g/mol. The van der Waals surface area contributed by atoms with E-state index in [2.05, 4.69) is 4.72 Å². The first-order valence-electron chi connectivity index (χ1n) is 4.85. The molecule has 0 saturated carbocycles. The van der Waals surface area contributed by atoms with Crippen molar-refractivity contribution >= 4 is 10.0 Å². The highest BCUT2D eigenvalue weighted by molar-refractivity contribution is 7.89. The largest absolute Gasteiger partial charge is 0.377 e. The lowest BCUT2D eigenvalue weighted by Gasteiger charge is -2.14. The third-order valence-corrected chi connectivity index (χ3v) is 3.74. The van der Waals surface area contributed by atoms with Gasteiger partial charge in [-0.2, -0.15) is 0 Å². The standard InChI is InChI=1S/C8H18N2O3S/c1-7(5-9)10-14(11,12)6-8-3-2-4-13-8/h7-8,10H,2-6,9H2,1H3/t7-,8?/m1/s1. The SMILES string of the molecule is C[C@H](CN)NS(=O)(=O)CC1CCCO1. The van der Waals surface area contributed by atoms with Crippen LogP contribution >= 0.6 is 0 Å². The van der Waals surface area contributed by atoms with E-state index in [0.29, 0.717) is 13.2 Å². The minimum atomic E-state index is -3.23. The summed E-state index contributed by atoms with van der Waals surface area (Å²) in [5.41, 5.74) is 5.33. The molecule has 1 aliphatic heterocycles. The summed E-state index contributed by atoms with van der Waals surface area (Å²) in [7, 11) is -3.23. The van der Waals surface area contributed by atoms with Crippen LogP contribution in [0, 0.1) is 0 Å².